The van der Waals surface area contributed by atoms with E-state index in [1.165, 1.54) is 24.1 Å². The van der Waals surface area contributed by atoms with Gasteiger partial charge in [0.15, 0.2) is 0 Å². The summed E-state index contributed by atoms with van der Waals surface area (Å²) in [7, 11) is 2.12. The Kier molecular flexibility index (Phi) is 5.02. The number of rotatable bonds is 4. The quantitative estimate of drug-likeness (QED) is 0.910. The van der Waals surface area contributed by atoms with Crippen LogP contribution in [0.1, 0.15) is 42.3 Å². The Hall–Kier alpha value is -1.40. The van der Waals surface area contributed by atoms with Gasteiger partial charge in [-0.05, 0) is 40.3 Å². The van der Waals surface area contributed by atoms with Crippen LogP contribution in [-0.4, -0.2) is 77.1 Å². The highest BCUT2D eigenvalue weighted by Gasteiger charge is 2.30. The number of hydrogen-bond donors (Lipinski definition) is 1. The van der Waals surface area contributed by atoms with Crippen molar-refractivity contribution < 1.29 is 4.79 Å². The van der Waals surface area contributed by atoms with Crippen LogP contribution in [0.2, 0.25) is 0 Å². The zero-order valence-corrected chi connectivity index (χ0v) is 14.6. The number of aromatic nitrogens is 2. The Morgan fingerprint density at radius 1 is 1.22 bits per heavy atom. The molecule has 6 heteroatoms. The monoisotopic (exact) mass is 319 g/mol. The first-order valence-corrected chi connectivity index (χ1v) is 8.78. The molecule has 2 aliphatic heterocycles. The van der Waals surface area contributed by atoms with E-state index in [1.807, 2.05) is 4.90 Å². The number of aromatic amines is 1. The highest BCUT2D eigenvalue weighted by molar-refractivity contribution is 5.76. The Morgan fingerprint density at radius 3 is 2.61 bits per heavy atom. The van der Waals surface area contributed by atoms with Crippen LogP contribution >= 0.6 is 0 Å². The number of nitrogens with zero attached hydrogens (tertiary/aromatic N) is 4. The lowest BCUT2D eigenvalue weighted by Crippen LogP contribution is -2.47. The first kappa shape index (κ1) is 16.5. The van der Waals surface area contributed by atoms with Gasteiger partial charge in [-0.1, -0.05) is 0 Å². The van der Waals surface area contributed by atoms with E-state index >= 15 is 0 Å². The Bertz CT molecular complexity index is 528. The number of hydrogen-bond acceptors (Lipinski definition) is 4. The fourth-order valence-electron chi connectivity index (χ4n) is 3.92. The Morgan fingerprint density at radius 2 is 1.96 bits per heavy atom. The minimum absolute atomic E-state index is 0.310. The highest BCUT2D eigenvalue weighted by Crippen LogP contribution is 2.34. The lowest BCUT2D eigenvalue weighted by atomic mass is 10.0. The van der Waals surface area contributed by atoms with E-state index < -0.39 is 0 Å². The van der Waals surface area contributed by atoms with E-state index in [2.05, 4.69) is 40.9 Å². The predicted octanol–water partition coefficient (Wildman–Crippen LogP) is 1.33. The molecule has 1 amide bonds. The molecule has 2 saturated heterocycles. The van der Waals surface area contributed by atoms with Crippen LogP contribution in [-0.2, 0) is 4.79 Å². The zero-order chi connectivity index (χ0) is 16.4. The van der Waals surface area contributed by atoms with Gasteiger partial charge < -0.3 is 9.80 Å². The molecule has 0 aliphatic carbocycles. The van der Waals surface area contributed by atoms with Crippen molar-refractivity contribution in [3.05, 3.63) is 17.0 Å². The van der Waals surface area contributed by atoms with Crippen molar-refractivity contribution in [3.63, 3.8) is 0 Å². The molecule has 3 heterocycles. The maximum Gasteiger partial charge on any atom is 0.223 e. The number of aryl methyl sites for hydroxylation is 2. The van der Waals surface area contributed by atoms with Crippen LogP contribution in [0.25, 0.3) is 0 Å². The minimum atomic E-state index is 0.310. The van der Waals surface area contributed by atoms with Gasteiger partial charge in [-0.2, -0.15) is 5.10 Å². The fourth-order valence-corrected chi connectivity index (χ4v) is 3.92. The van der Waals surface area contributed by atoms with Crippen molar-refractivity contribution in [2.24, 2.45) is 0 Å². The average Bonchev–Trinajstić information content (AvgIpc) is 3.12. The van der Waals surface area contributed by atoms with Crippen molar-refractivity contribution in [2.45, 2.75) is 39.2 Å². The molecule has 0 aromatic carbocycles. The summed E-state index contributed by atoms with van der Waals surface area (Å²) in [6, 6.07) is 0.425. The van der Waals surface area contributed by atoms with Crippen molar-refractivity contribution in [3.8, 4) is 0 Å². The third-order valence-corrected chi connectivity index (χ3v) is 5.35. The van der Waals surface area contributed by atoms with Crippen molar-refractivity contribution in [1.29, 1.82) is 0 Å². The molecule has 1 aromatic heterocycles. The summed E-state index contributed by atoms with van der Waals surface area (Å²) in [6.07, 6.45) is 3.01. The van der Waals surface area contributed by atoms with E-state index in [0.717, 1.165) is 45.0 Å². The molecule has 23 heavy (non-hydrogen) atoms. The number of carbonyl (C=O) groups excluding carboxylic acids is 1. The second kappa shape index (κ2) is 7.01. The first-order chi connectivity index (χ1) is 11.1. The van der Waals surface area contributed by atoms with Crippen molar-refractivity contribution >= 4 is 5.91 Å². The first-order valence-electron chi connectivity index (χ1n) is 8.78. The molecular weight excluding hydrogens is 290 g/mol. The zero-order valence-electron chi connectivity index (χ0n) is 14.6. The molecule has 1 N–H and O–H groups in total. The Labute approximate surface area is 138 Å². The van der Waals surface area contributed by atoms with Gasteiger partial charge >= 0.3 is 0 Å². The summed E-state index contributed by atoms with van der Waals surface area (Å²) in [5.74, 6) is 0.310. The van der Waals surface area contributed by atoms with Crippen LogP contribution in [0.15, 0.2) is 0 Å². The van der Waals surface area contributed by atoms with Crippen LogP contribution in [0.5, 0.6) is 0 Å². The van der Waals surface area contributed by atoms with E-state index in [0.29, 0.717) is 18.4 Å². The van der Waals surface area contributed by atoms with Gasteiger partial charge in [-0.15, -0.1) is 0 Å². The molecule has 3 rings (SSSR count). The molecule has 0 saturated carbocycles. The average molecular weight is 319 g/mol. The minimum Gasteiger partial charge on any atom is -0.340 e. The molecule has 2 fully saturated rings. The third kappa shape index (κ3) is 3.58. The highest BCUT2D eigenvalue weighted by atomic mass is 16.2. The lowest BCUT2D eigenvalue weighted by Gasteiger charge is -2.33. The van der Waals surface area contributed by atoms with Crippen LogP contribution < -0.4 is 0 Å². The number of carbonyl (C=O) groups is 1. The second-order valence-corrected chi connectivity index (χ2v) is 6.98. The molecule has 0 bridgehead atoms. The van der Waals surface area contributed by atoms with Crippen molar-refractivity contribution in [1.82, 2.24) is 24.9 Å². The van der Waals surface area contributed by atoms with Gasteiger partial charge in [0.05, 0.1) is 5.69 Å². The maximum atomic E-state index is 12.5. The molecular formula is C17H29N5O. The topological polar surface area (TPSA) is 55.5 Å². The predicted molar refractivity (Wildman–Crippen MR) is 90.3 cm³/mol. The standard InChI is InChI=1S/C17H29N5O/c1-13-17(14(2)19-18-13)15-5-4-7-21(15)8-6-16(23)22-11-9-20(3)10-12-22/h15H,4-12H2,1-3H3,(H,18,19). The molecule has 128 valence electrons. The van der Waals surface area contributed by atoms with Gasteiger partial charge in [0.1, 0.15) is 0 Å². The summed E-state index contributed by atoms with van der Waals surface area (Å²) in [6.45, 7) is 9.85. The lowest BCUT2D eigenvalue weighted by molar-refractivity contribution is -0.133. The van der Waals surface area contributed by atoms with Crippen LogP contribution in [0.4, 0.5) is 0 Å². The number of piperazine rings is 1. The smallest absolute Gasteiger partial charge is 0.223 e. The van der Waals surface area contributed by atoms with Gasteiger partial charge in [0, 0.05) is 56.4 Å². The number of likely N-dealkylation sites (tertiary alicyclic amines) is 1. The van der Waals surface area contributed by atoms with Gasteiger partial charge in [0.25, 0.3) is 0 Å². The van der Waals surface area contributed by atoms with Gasteiger partial charge in [-0.25, -0.2) is 0 Å². The molecule has 1 aromatic rings. The number of H-pyrrole nitrogens is 1. The number of nitrogens with one attached hydrogen (secondary N) is 1. The molecule has 6 nitrogen and oxygen atoms in total. The van der Waals surface area contributed by atoms with E-state index in [4.69, 9.17) is 0 Å². The molecule has 1 atom stereocenters. The largest absolute Gasteiger partial charge is 0.340 e. The maximum absolute atomic E-state index is 12.5. The second-order valence-electron chi connectivity index (χ2n) is 6.98. The molecule has 2 aliphatic rings. The van der Waals surface area contributed by atoms with Crippen LogP contribution in [0, 0.1) is 13.8 Å². The summed E-state index contributed by atoms with van der Waals surface area (Å²) in [4.78, 5) is 19.2. The molecule has 1 unspecified atom stereocenters. The van der Waals surface area contributed by atoms with Crippen molar-refractivity contribution in [2.75, 3.05) is 46.3 Å². The summed E-state index contributed by atoms with van der Waals surface area (Å²) in [5.41, 5.74) is 3.61. The van der Waals surface area contributed by atoms with Gasteiger partial charge in [-0.3, -0.25) is 14.8 Å². The summed E-state index contributed by atoms with van der Waals surface area (Å²) in [5, 5.41) is 7.44. The third-order valence-electron chi connectivity index (χ3n) is 5.35. The van der Waals surface area contributed by atoms with Crippen LogP contribution in [0.3, 0.4) is 0 Å². The SMILES string of the molecule is Cc1n[nH]c(C)c1C1CCCN1CCC(=O)N1CCN(C)CC1. The normalized spacial score (nSPS) is 23.6. The number of amides is 1. The molecule has 0 spiro atoms. The summed E-state index contributed by atoms with van der Waals surface area (Å²) < 4.78 is 0. The van der Waals surface area contributed by atoms with Gasteiger partial charge in [0.2, 0.25) is 5.91 Å². The van der Waals surface area contributed by atoms with E-state index in [-0.39, 0.29) is 0 Å². The Balaban J connectivity index is 1.56. The van der Waals surface area contributed by atoms with E-state index in [9.17, 15) is 4.79 Å². The van der Waals surface area contributed by atoms with E-state index in [1.54, 1.807) is 0 Å². The number of likely N-dealkylation sites (N-methyl/N-ethyl adjacent to an activating group) is 1. The fraction of sp³-hybridized carbons (Fsp3) is 0.765. The summed E-state index contributed by atoms with van der Waals surface area (Å²) >= 11 is 0. The molecule has 0 radical (unpaired) electrons.